The number of hydrogen-bond acceptors (Lipinski definition) is 2. The van der Waals surface area contributed by atoms with E-state index in [1.807, 2.05) is 29.0 Å². The van der Waals surface area contributed by atoms with E-state index >= 15 is 0 Å². The third-order valence-electron chi connectivity index (χ3n) is 3.10. The summed E-state index contributed by atoms with van der Waals surface area (Å²) in [6.07, 6.45) is 5.69. The van der Waals surface area contributed by atoms with E-state index in [-0.39, 0.29) is 10.7 Å². The first kappa shape index (κ1) is 12.7. The first-order chi connectivity index (χ1) is 9.16. The van der Waals surface area contributed by atoms with Crippen LogP contribution in [0.3, 0.4) is 0 Å². The zero-order chi connectivity index (χ0) is 13.4. The minimum atomic E-state index is 0.102. The molecule has 0 aliphatic carbocycles. The molecule has 6 heteroatoms. The zero-order valence-electron chi connectivity index (χ0n) is 9.96. The van der Waals surface area contributed by atoms with E-state index in [1.165, 1.54) is 0 Å². The van der Waals surface area contributed by atoms with Gasteiger partial charge in [0.1, 0.15) is 0 Å². The summed E-state index contributed by atoms with van der Waals surface area (Å²) in [6.45, 7) is 0.654. The number of benzene rings is 1. The second kappa shape index (κ2) is 4.98. The second-order valence-corrected chi connectivity index (χ2v) is 6.09. The monoisotopic (exact) mass is 339 g/mol. The van der Waals surface area contributed by atoms with Crippen LogP contribution in [-0.2, 0) is 4.79 Å². The number of para-hydroxylation sites is 1. The first-order valence-corrected chi connectivity index (χ1v) is 7.17. The maximum atomic E-state index is 12.0. The molecule has 2 heterocycles. The van der Waals surface area contributed by atoms with E-state index < -0.39 is 0 Å². The molecule has 4 nitrogen and oxygen atoms in total. The Hall–Kier alpha value is -1.33. The minimum Gasteiger partial charge on any atom is -0.309 e. The topological polar surface area (TPSA) is 38.1 Å². The van der Waals surface area contributed by atoms with Crippen LogP contribution in [0, 0.1) is 0 Å². The van der Waals surface area contributed by atoms with Crippen molar-refractivity contribution in [2.75, 3.05) is 11.4 Å². The standard InChI is InChI=1S/C13H11BrClN3O/c14-9-6-12(19)18(7-9)11-3-1-2-10(15)13(11)17-5-4-16-8-17/h1-5,8-9H,6-7H2. The highest BCUT2D eigenvalue weighted by Crippen LogP contribution is 2.34. The molecule has 1 aromatic carbocycles. The van der Waals surface area contributed by atoms with Crippen LogP contribution in [0.2, 0.25) is 5.02 Å². The highest BCUT2D eigenvalue weighted by atomic mass is 79.9. The van der Waals surface area contributed by atoms with Crippen LogP contribution in [0.5, 0.6) is 0 Å². The van der Waals surface area contributed by atoms with Crippen molar-refractivity contribution in [1.29, 1.82) is 0 Å². The Balaban J connectivity index is 2.12. The molecule has 0 saturated carbocycles. The Morgan fingerprint density at radius 1 is 1.42 bits per heavy atom. The van der Waals surface area contributed by atoms with Gasteiger partial charge >= 0.3 is 0 Å². The molecular weight excluding hydrogens is 330 g/mol. The van der Waals surface area contributed by atoms with Gasteiger partial charge < -0.3 is 9.47 Å². The number of alkyl halides is 1. The SMILES string of the molecule is O=C1CC(Br)CN1c1cccc(Cl)c1-n1ccnc1. The first-order valence-electron chi connectivity index (χ1n) is 5.88. The predicted octanol–water partition coefficient (Wildman–Crippen LogP) is 3.03. The highest BCUT2D eigenvalue weighted by Gasteiger charge is 2.30. The van der Waals surface area contributed by atoms with Gasteiger partial charge in [0, 0.05) is 30.2 Å². The number of carbonyl (C=O) groups is 1. The van der Waals surface area contributed by atoms with Crippen LogP contribution in [0.15, 0.2) is 36.9 Å². The Bertz CT molecular complexity index is 614. The number of imidazole rings is 1. The molecule has 1 amide bonds. The number of nitrogens with zero attached hydrogens (tertiary/aromatic N) is 3. The fourth-order valence-electron chi connectivity index (χ4n) is 2.27. The van der Waals surface area contributed by atoms with Gasteiger partial charge in [0.05, 0.1) is 22.7 Å². The predicted molar refractivity (Wildman–Crippen MR) is 78.3 cm³/mol. The van der Waals surface area contributed by atoms with Crippen molar-refractivity contribution in [2.45, 2.75) is 11.2 Å². The van der Waals surface area contributed by atoms with Crippen molar-refractivity contribution >= 4 is 39.1 Å². The van der Waals surface area contributed by atoms with Crippen LogP contribution in [-0.4, -0.2) is 26.8 Å². The van der Waals surface area contributed by atoms with Gasteiger partial charge in [-0.3, -0.25) is 4.79 Å². The minimum absolute atomic E-state index is 0.102. The number of hydrogen-bond donors (Lipinski definition) is 0. The third-order valence-corrected chi connectivity index (χ3v) is 4.02. The lowest BCUT2D eigenvalue weighted by molar-refractivity contribution is -0.117. The fraction of sp³-hybridized carbons (Fsp3) is 0.231. The van der Waals surface area contributed by atoms with Crippen molar-refractivity contribution in [2.24, 2.45) is 0 Å². The number of halogens is 2. The maximum Gasteiger partial charge on any atom is 0.228 e. The lowest BCUT2D eigenvalue weighted by Crippen LogP contribution is -2.25. The van der Waals surface area contributed by atoms with E-state index in [0.29, 0.717) is 18.0 Å². The molecule has 1 aliphatic rings. The molecule has 19 heavy (non-hydrogen) atoms. The molecule has 98 valence electrons. The molecular formula is C13H11BrClN3O. The average Bonchev–Trinajstić information content (AvgIpc) is 2.98. The smallest absolute Gasteiger partial charge is 0.228 e. The summed E-state index contributed by atoms with van der Waals surface area (Å²) in [5.41, 5.74) is 1.61. The van der Waals surface area contributed by atoms with Crippen molar-refractivity contribution < 1.29 is 4.79 Å². The van der Waals surface area contributed by atoms with E-state index in [0.717, 1.165) is 11.4 Å². The van der Waals surface area contributed by atoms with Crippen LogP contribution in [0.25, 0.3) is 5.69 Å². The number of aromatic nitrogens is 2. The van der Waals surface area contributed by atoms with Crippen molar-refractivity contribution in [3.05, 3.63) is 41.9 Å². The molecule has 1 unspecified atom stereocenters. The van der Waals surface area contributed by atoms with Crippen LogP contribution in [0.4, 0.5) is 5.69 Å². The number of anilines is 1. The molecule has 1 aromatic heterocycles. The summed E-state index contributed by atoms with van der Waals surface area (Å²) in [5, 5.41) is 0.598. The van der Waals surface area contributed by atoms with Crippen LogP contribution in [0.1, 0.15) is 6.42 Å². The van der Waals surface area contributed by atoms with Crippen molar-refractivity contribution in [3.63, 3.8) is 0 Å². The molecule has 1 fully saturated rings. The Labute approximate surface area is 124 Å². The highest BCUT2D eigenvalue weighted by molar-refractivity contribution is 9.09. The summed E-state index contributed by atoms with van der Waals surface area (Å²) >= 11 is 9.78. The maximum absolute atomic E-state index is 12.0. The van der Waals surface area contributed by atoms with Gasteiger partial charge in [-0.25, -0.2) is 4.98 Å². The Kier molecular flexibility index (Phi) is 3.33. The number of carbonyl (C=O) groups excluding carboxylic acids is 1. The molecule has 3 rings (SSSR count). The van der Waals surface area contributed by atoms with Crippen molar-refractivity contribution in [3.8, 4) is 5.69 Å². The van der Waals surface area contributed by atoms with Gasteiger partial charge in [-0.05, 0) is 12.1 Å². The van der Waals surface area contributed by atoms with Gasteiger partial charge in [0.2, 0.25) is 5.91 Å². The number of amides is 1. The lowest BCUT2D eigenvalue weighted by Gasteiger charge is -2.21. The molecule has 1 atom stereocenters. The van der Waals surface area contributed by atoms with Gasteiger partial charge in [0.25, 0.3) is 0 Å². The lowest BCUT2D eigenvalue weighted by atomic mass is 10.2. The summed E-state index contributed by atoms with van der Waals surface area (Å²) in [7, 11) is 0. The quantitative estimate of drug-likeness (QED) is 0.788. The van der Waals surface area contributed by atoms with E-state index in [4.69, 9.17) is 11.6 Å². The van der Waals surface area contributed by atoms with Crippen LogP contribution >= 0.6 is 27.5 Å². The summed E-state index contributed by atoms with van der Waals surface area (Å²) in [5.74, 6) is 0.102. The van der Waals surface area contributed by atoms with E-state index in [1.54, 1.807) is 17.4 Å². The van der Waals surface area contributed by atoms with E-state index in [2.05, 4.69) is 20.9 Å². The third kappa shape index (κ3) is 2.28. The summed E-state index contributed by atoms with van der Waals surface area (Å²) < 4.78 is 1.83. The van der Waals surface area contributed by atoms with Gasteiger partial charge in [0.15, 0.2) is 0 Å². The summed E-state index contributed by atoms with van der Waals surface area (Å²) in [6, 6.07) is 5.57. The second-order valence-electron chi connectivity index (χ2n) is 4.38. The Morgan fingerprint density at radius 2 is 2.26 bits per heavy atom. The molecule has 1 aliphatic heterocycles. The molecule has 0 spiro atoms. The molecule has 0 radical (unpaired) electrons. The van der Waals surface area contributed by atoms with Gasteiger partial charge in [-0.1, -0.05) is 33.6 Å². The van der Waals surface area contributed by atoms with Crippen molar-refractivity contribution in [1.82, 2.24) is 9.55 Å². The summed E-state index contributed by atoms with van der Waals surface area (Å²) in [4.78, 5) is 18.0. The zero-order valence-corrected chi connectivity index (χ0v) is 12.3. The fourth-order valence-corrected chi connectivity index (χ4v) is 3.10. The molecule has 1 saturated heterocycles. The van der Waals surface area contributed by atoms with Gasteiger partial charge in [-0.2, -0.15) is 0 Å². The van der Waals surface area contributed by atoms with Crippen LogP contribution < -0.4 is 4.90 Å². The molecule has 0 N–H and O–H groups in total. The normalized spacial score (nSPS) is 19.2. The Morgan fingerprint density at radius 3 is 2.89 bits per heavy atom. The molecule has 0 bridgehead atoms. The largest absolute Gasteiger partial charge is 0.309 e. The number of rotatable bonds is 2. The van der Waals surface area contributed by atoms with Gasteiger partial charge in [-0.15, -0.1) is 0 Å². The average molecular weight is 341 g/mol. The van der Waals surface area contributed by atoms with E-state index in [9.17, 15) is 4.79 Å². The molecule has 2 aromatic rings.